The monoisotopic (exact) mass is 397 g/mol. The number of hydrogen-bond donors (Lipinski definition) is 2. The fourth-order valence-corrected chi connectivity index (χ4v) is 4.84. The molecule has 1 amide bonds. The van der Waals surface area contributed by atoms with Crippen molar-refractivity contribution in [3.05, 3.63) is 35.9 Å². The molecule has 1 heterocycles. The standard InChI is InChI=1S/C21H30F3N3O/c1-13(2)10-17(25)20(28)26-18-9-8-15-11-27(12-16(15)18)19(21(22,23)24)14-6-4-3-5-7-14/h3-7,13,15-19H,8-12,25H2,1-2H3,(H,26,28)/t15-,16+,17-,18+,19?/m0/s1. The third-order valence-corrected chi connectivity index (χ3v) is 6.07. The Bertz CT molecular complexity index is 665. The molecule has 0 radical (unpaired) electrons. The second kappa shape index (κ2) is 8.41. The van der Waals surface area contributed by atoms with Gasteiger partial charge in [0.1, 0.15) is 6.04 Å². The summed E-state index contributed by atoms with van der Waals surface area (Å²) in [5, 5.41) is 3.02. The number of carbonyl (C=O) groups is 1. The Morgan fingerprint density at radius 2 is 1.89 bits per heavy atom. The summed E-state index contributed by atoms with van der Waals surface area (Å²) in [5.41, 5.74) is 6.24. The quantitative estimate of drug-likeness (QED) is 0.773. The SMILES string of the molecule is CC(C)C[C@H](N)C(=O)N[C@@H]1CC[C@H]2CN(C(c3ccccc3)C(F)(F)F)C[C@H]21. The van der Waals surface area contributed by atoms with Crippen molar-refractivity contribution in [1.29, 1.82) is 0 Å². The van der Waals surface area contributed by atoms with E-state index in [1.54, 1.807) is 18.2 Å². The average Bonchev–Trinajstić information content (AvgIpc) is 3.16. The number of likely N-dealkylation sites (tertiary alicyclic amines) is 1. The van der Waals surface area contributed by atoms with E-state index in [0.29, 0.717) is 25.4 Å². The van der Waals surface area contributed by atoms with E-state index in [1.165, 1.54) is 17.0 Å². The maximum absolute atomic E-state index is 13.8. The van der Waals surface area contributed by atoms with Crippen molar-refractivity contribution in [2.24, 2.45) is 23.5 Å². The van der Waals surface area contributed by atoms with Gasteiger partial charge in [0.25, 0.3) is 0 Å². The Morgan fingerprint density at radius 3 is 2.50 bits per heavy atom. The molecule has 1 aliphatic heterocycles. The minimum Gasteiger partial charge on any atom is -0.352 e. The van der Waals surface area contributed by atoms with Crippen LogP contribution in [-0.2, 0) is 4.79 Å². The summed E-state index contributed by atoms with van der Waals surface area (Å²) in [4.78, 5) is 13.9. The van der Waals surface area contributed by atoms with Crippen LogP contribution < -0.4 is 11.1 Å². The van der Waals surface area contributed by atoms with E-state index in [9.17, 15) is 18.0 Å². The third kappa shape index (κ3) is 4.69. The molecule has 0 spiro atoms. The molecule has 1 aromatic carbocycles. The zero-order chi connectivity index (χ0) is 20.5. The lowest BCUT2D eigenvalue weighted by Gasteiger charge is -2.31. The number of halogens is 3. The van der Waals surface area contributed by atoms with Gasteiger partial charge in [0.15, 0.2) is 0 Å². The molecule has 3 N–H and O–H groups in total. The molecule has 5 atom stereocenters. The lowest BCUT2D eigenvalue weighted by atomic mass is 9.97. The number of nitrogens with two attached hydrogens (primary N) is 1. The minimum absolute atomic E-state index is 0.0452. The molecule has 0 bridgehead atoms. The van der Waals surface area contributed by atoms with Crippen molar-refractivity contribution >= 4 is 5.91 Å². The molecular formula is C21H30F3N3O. The van der Waals surface area contributed by atoms with E-state index in [1.807, 2.05) is 13.8 Å². The number of fused-ring (bicyclic) bond motifs is 1. The van der Waals surface area contributed by atoms with Crippen LogP contribution in [0.25, 0.3) is 0 Å². The molecule has 1 aliphatic carbocycles. The lowest BCUT2D eigenvalue weighted by molar-refractivity contribution is -0.184. The Balaban J connectivity index is 1.68. The number of nitrogens with zero attached hydrogens (tertiary/aromatic N) is 1. The summed E-state index contributed by atoms with van der Waals surface area (Å²) >= 11 is 0. The van der Waals surface area contributed by atoms with Gasteiger partial charge in [-0.25, -0.2) is 0 Å². The third-order valence-electron chi connectivity index (χ3n) is 6.07. The summed E-state index contributed by atoms with van der Waals surface area (Å²) < 4.78 is 41.5. The highest BCUT2D eigenvalue weighted by atomic mass is 19.4. The largest absolute Gasteiger partial charge is 0.408 e. The van der Waals surface area contributed by atoms with Gasteiger partial charge in [0.2, 0.25) is 5.91 Å². The Hall–Kier alpha value is -1.60. The van der Waals surface area contributed by atoms with Crippen molar-refractivity contribution in [1.82, 2.24) is 10.2 Å². The lowest BCUT2D eigenvalue weighted by Crippen LogP contribution is -2.48. The van der Waals surface area contributed by atoms with Gasteiger partial charge in [-0.05, 0) is 42.6 Å². The molecule has 156 valence electrons. The van der Waals surface area contributed by atoms with Gasteiger partial charge < -0.3 is 11.1 Å². The van der Waals surface area contributed by atoms with Crippen molar-refractivity contribution in [2.45, 2.75) is 57.4 Å². The highest BCUT2D eigenvalue weighted by Gasteiger charge is 2.51. The van der Waals surface area contributed by atoms with Gasteiger partial charge in [-0.1, -0.05) is 44.2 Å². The molecule has 1 unspecified atom stereocenters. The maximum Gasteiger partial charge on any atom is 0.408 e. The summed E-state index contributed by atoms with van der Waals surface area (Å²) in [7, 11) is 0. The number of amides is 1. The normalized spacial score (nSPS) is 27.6. The van der Waals surface area contributed by atoms with Gasteiger partial charge in [-0.15, -0.1) is 0 Å². The summed E-state index contributed by atoms with van der Waals surface area (Å²) in [5.74, 6) is 0.356. The Kier molecular flexibility index (Phi) is 6.34. The smallest absolute Gasteiger partial charge is 0.352 e. The van der Waals surface area contributed by atoms with Crippen molar-refractivity contribution < 1.29 is 18.0 Å². The minimum atomic E-state index is -4.33. The molecule has 28 heavy (non-hydrogen) atoms. The highest BCUT2D eigenvalue weighted by molar-refractivity contribution is 5.81. The summed E-state index contributed by atoms with van der Waals surface area (Å²) in [6, 6.07) is 5.83. The molecular weight excluding hydrogens is 367 g/mol. The first-order valence-corrected chi connectivity index (χ1v) is 10.1. The average molecular weight is 397 g/mol. The number of hydrogen-bond acceptors (Lipinski definition) is 3. The van der Waals surface area contributed by atoms with E-state index in [2.05, 4.69) is 5.32 Å². The second-order valence-corrected chi connectivity index (χ2v) is 8.66. The van der Waals surface area contributed by atoms with Crippen molar-refractivity contribution in [2.75, 3.05) is 13.1 Å². The van der Waals surface area contributed by atoms with Crippen LogP contribution in [0.1, 0.15) is 44.7 Å². The van der Waals surface area contributed by atoms with Crippen LogP contribution in [-0.4, -0.2) is 42.2 Å². The van der Waals surface area contributed by atoms with Crippen LogP contribution in [0.3, 0.4) is 0 Å². The molecule has 7 heteroatoms. The highest BCUT2D eigenvalue weighted by Crippen LogP contribution is 2.45. The predicted octanol–water partition coefficient (Wildman–Crippen LogP) is 3.49. The number of rotatable bonds is 6. The number of benzene rings is 1. The topological polar surface area (TPSA) is 58.4 Å². The van der Waals surface area contributed by atoms with E-state index in [4.69, 9.17) is 5.73 Å². The van der Waals surface area contributed by atoms with Crippen LogP contribution in [0.5, 0.6) is 0 Å². The number of nitrogens with one attached hydrogen (secondary N) is 1. The summed E-state index contributed by atoms with van der Waals surface area (Å²) in [6.45, 7) is 4.77. The van der Waals surface area contributed by atoms with Gasteiger partial charge >= 0.3 is 6.18 Å². The molecule has 1 saturated carbocycles. The van der Waals surface area contributed by atoms with Crippen LogP contribution in [0, 0.1) is 17.8 Å². The predicted molar refractivity (Wildman–Crippen MR) is 102 cm³/mol. The van der Waals surface area contributed by atoms with Gasteiger partial charge in [0, 0.05) is 19.1 Å². The fraction of sp³-hybridized carbons (Fsp3) is 0.667. The van der Waals surface area contributed by atoms with E-state index in [-0.39, 0.29) is 29.3 Å². The molecule has 1 saturated heterocycles. The fourth-order valence-electron chi connectivity index (χ4n) is 4.84. The molecule has 1 aromatic rings. The zero-order valence-corrected chi connectivity index (χ0v) is 16.5. The van der Waals surface area contributed by atoms with Crippen molar-refractivity contribution in [3.63, 3.8) is 0 Å². The van der Waals surface area contributed by atoms with E-state index in [0.717, 1.165) is 12.8 Å². The number of alkyl halides is 3. The molecule has 4 nitrogen and oxygen atoms in total. The molecule has 2 fully saturated rings. The first-order valence-electron chi connectivity index (χ1n) is 10.1. The van der Waals surface area contributed by atoms with Gasteiger partial charge in [-0.3, -0.25) is 9.69 Å². The van der Waals surface area contributed by atoms with Gasteiger partial charge in [-0.2, -0.15) is 13.2 Å². The maximum atomic E-state index is 13.8. The van der Waals surface area contributed by atoms with Crippen LogP contribution in [0.15, 0.2) is 30.3 Å². The van der Waals surface area contributed by atoms with Crippen LogP contribution in [0.4, 0.5) is 13.2 Å². The zero-order valence-electron chi connectivity index (χ0n) is 16.5. The summed E-state index contributed by atoms with van der Waals surface area (Å²) in [6.07, 6.45) is -2.09. The van der Waals surface area contributed by atoms with Gasteiger partial charge in [0.05, 0.1) is 6.04 Å². The second-order valence-electron chi connectivity index (χ2n) is 8.66. The molecule has 3 rings (SSSR count). The number of carbonyl (C=O) groups excluding carboxylic acids is 1. The molecule has 0 aromatic heterocycles. The van der Waals surface area contributed by atoms with Crippen LogP contribution in [0.2, 0.25) is 0 Å². The molecule has 2 aliphatic rings. The Labute approximate surface area is 164 Å². The van der Waals surface area contributed by atoms with E-state index >= 15 is 0 Å². The first kappa shape index (κ1) is 21.1. The van der Waals surface area contributed by atoms with E-state index < -0.39 is 18.3 Å². The van der Waals surface area contributed by atoms with Crippen LogP contribution >= 0.6 is 0 Å². The first-order chi connectivity index (χ1) is 13.2. The Morgan fingerprint density at radius 1 is 1.21 bits per heavy atom. The van der Waals surface area contributed by atoms with Crippen molar-refractivity contribution in [3.8, 4) is 0 Å².